The third-order valence-corrected chi connectivity index (χ3v) is 3.46. The first-order chi connectivity index (χ1) is 9.97. The van der Waals surface area contributed by atoms with E-state index in [4.69, 9.17) is 9.84 Å². The van der Waals surface area contributed by atoms with E-state index in [0.717, 1.165) is 17.2 Å². The Balaban J connectivity index is 2.21. The molecule has 2 rings (SSSR count). The van der Waals surface area contributed by atoms with Gasteiger partial charge in [0.05, 0.1) is 12.7 Å². The van der Waals surface area contributed by atoms with Crippen molar-refractivity contribution in [1.82, 2.24) is 4.90 Å². The van der Waals surface area contributed by atoms with E-state index < -0.39 is 5.97 Å². The number of ether oxygens (including phenoxy) is 1. The number of rotatable bonds is 3. The van der Waals surface area contributed by atoms with Gasteiger partial charge in [-0.2, -0.15) is 0 Å². The Morgan fingerprint density at radius 3 is 2.86 bits per heavy atom. The number of carbonyl (C=O) groups is 2. The fourth-order valence-electron chi connectivity index (χ4n) is 2.30. The van der Waals surface area contributed by atoms with Crippen LogP contribution in [0.4, 0.5) is 0 Å². The van der Waals surface area contributed by atoms with Crippen LogP contribution in [-0.2, 0) is 9.53 Å². The summed E-state index contributed by atoms with van der Waals surface area (Å²) in [4.78, 5) is 24.9. The molecule has 21 heavy (non-hydrogen) atoms. The summed E-state index contributed by atoms with van der Waals surface area (Å²) in [6.45, 7) is 5.52. The summed E-state index contributed by atoms with van der Waals surface area (Å²) in [5, 5.41) is 8.70. The molecule has 1 aromatic rings. The lowest BCUT2D eigenvalue weighted by molar-refractivity contribution is -0.131. The Hall–Kier alpha value is -2.14. The highest BCUT2D eigenvalue weighted by Gasteiger charge is 2.22. The van der Waals surface area contributed by atoms with Crippen LogP contribution in [0.2, 0.25) is 0 Å². The summed E-state index contributed by atoms with van der Waals surface area (Å²) in [6.07, 6.45) is 2.63. The standard InChI is InChI=1S/C16H19NO4/c1-11-3-4-14(9-13(11)5-6-15(18)19)16(20)17-7-8-21-12(2)10-17/h3-6,9,12H,7-8,10H2,1-2H3,(H,18,19)/b6-5+. The van der Waals surface area contributed by atoms with Gasteiger partial charge in [-0.15, -0.1) is 0 Å². The van der Waals surface area contributed by atoms with Crippen molar-refractivity contribution in [3.8, 4) is 0 Å². The Morgan fingerprint density at radius 2 is 2.19 bits per heavy atom. The SMILES string of the molecule is Cc1ccc(C(=O)N2CCOC(C)C2)cc1/C=C/C(=O)O. The fraction of sp³-hybridized carbons (Fsp3) is 0.375. The second-order valence-corrected chi connectivity index (χ2v) is 5.18. The number of aliphatic carboxylic acids is 1. The minimum Gasteiger partial charge on any atom is -0.478 e. The van der Waals surface area contributed by atoms with Gasteiger partial charge in [-0.25, -0.2) is 4.79 Å². The number of carboxylic acid groups (broad SMARTS) is 1. The number of carbonyl (C=O) groups excluding carboxylic acids is 1. The zero-order chi connectivity index (χ0) is 15.4. The van der Waals surface area contributed by atoms with E-state index in [1.807, 2.05) is 19.9 Å². The van der Waals surface area contributed by atoms with Crippen LogP contribution in [0.15, 0.2) is 24.3 Å². The topological polar surface area (TPSA) is 66.8 Å². The van der Waals surface area contributed by atoms with Gasteiger partial charge in [0.25, 0.3) is 5.91 Å². The van der Waals surface area contributed by atoms with Gasteiger partial charge >= 0.3 is 5.97 Å². The van der Waals surface area contributed by atoms with Crippen molar-refractivity contribution in [2.75, 3.05) is 19.7 Å². The zero-order valence-corrected chi connectivity index (χ0v) is 12.2. The summed E-state index contributed by atoms with van der Waals surface area (Å²) < 4.78 is 5.43. The van der Waals surface area contributed by atoms with Crippen LogP contribution in [0, 0.1) is 6.92 Å². The highest BCUT2D eigenvalue weighted by atomic mass is 16.5. The molecule has 5 heteroatoms. The van der Waals surface area contributed by atoms with Gasteiger partial charge in [0, 0.05) is 24.7 Å². The number of aryl methyl sites for hydroxylation is 1. The summed E-state index contributed by atoms with van der Waals surface area (Å²) in [5.41, 5.74) is 2.24. The molecule has 1 heterocycles. The van der Waals surface area contributed by atoms with E-state index in [2.05, 4.69) is 0 Å². The lowest BCUT2D eigenvalue weighted by atomic mass is 10.0. The molecule has 1 N–H and O–H groups in total. The Kier molecular flexibility index (Phi) is 4.75. The van der Waals surface area contributed by atoms with Gasteiger partial charge in [0.2, 0.25) is 0 Å². The molecular weight excluding hydrogens is 270 g/mol. The van der Waals surface area contributed by atoms with Gasteiger partial charge in [-0.1, -0.05) is 6.07 Å². The zero-order valence-electron chi connectivity index (χ0n) is 12.2. The van der Waals surface area contributed by atoms with Gasteiger partial charge in [-0.05, 0) is 43.2 Å². The highest BCUT2D eigenvalue weighted by Crippen LogP contribution is 2.16. The molecule has 1 saturated heterocycles. The van der Waals surface area contributed by atoms with E-state index >= 15 is 0 Å². The molecule has 1 fully saturated rings. The highest BCUT2D eigenvalue weighted by molar-refractivity contribution is 5.95. The van der Waals surface area contributed by atoms with Crippen molar-refractivity contribution < 1.29 is 19.4 Å². The van der Waals surface area contributed by atoms with Crippen LogP contribution in [-0.4, -0.2) is 47.7 Å². The maximum absolute atomic E-state index is 12.5. The second-order valence-electron chi connectivity index (χ2n) is 5.18. The third kappa shape index (κ3) is 3.92. The van der Waals surface area contributed by atoms with E-state index in [-0.39, 0.29) is 12.0 Å². The molecule has 112 valence electrons. The largest absolute Gasteiger partial charge is 0.478 e. The summed E-state index contributed by atoms with van der Waals surface area (Å²) in [5.74, 6) is -1.05. The number of carboxylic acids is 1. The number of hydrogen-bond donors (Lipinski definition) is 1. The van der Waals surface area contributed by atoms with Gasteiger partial charge in [-0.3, -0.25) is 4.79 Å². The van der Waals surface area contributed by atoms with Crippen LogP contribution in [0.5, 0.6) is 0 Å². The first-order valence-electron chi connectivity index (χ1n) is 6.90. The lowest BCUT2D eigenvalue weighted by Crippen LogP contribution is -2.44. The third-order valence-electron chi connectivity index (χ3n) is 3.46. The van der Waals surface area contributed by atoms with Crippen LogP contribution < -0.4 is 0 Å². The molecule has 1 aromatic carbocycles. The molecule has 1 aliphatic rings. The maximum atomic E-state index is 12.5. The average molecular weight is 289 g/mol. The lowest BCUT2D eigenvalue weighted by Gasteiger charge is -2.31. The molecule has 0 spiro atoms. The molecule has 1 unspecified atom stereocenters. The van der Waals surface area contributed by atoms with Crippen molar-refractivity contribution in [1.29, 1.82) is 0 Å². The minimum absolute atomic E-state index is 0.0412. The molecule has 0 bridgehead atoms. The molecule has 0 radical (unpaired) electrons. The van der Waals surface area contributed by atoms with Crippen molar-refractivity contribution in [3.05, 3.63) is 41.0 Å². The first kappa shape index (κ1) is 15.3. The van der Waals surface area contributed by atoms with E-state index in [9.17, 15) is 9.59 Å². The first-order valence-corrected chi connectivity index (χ1v) is 6.90. The molecule has 0 saturated carbocycles. The predicted molar refractivity (Wildman–Crippen MR) is 79.2 cm³/mol. The maximum Gasteiger partial charge on any atom is 0.328 e. The average Bonchev–Trinajstić information content (AvgIpc) is 2.45. The predicted octanol–water partition coefficient (Wildman–Crippen LogP) is 1.95. The summed E-state index contributed by atoms with van der Waals surface area (Å²) in [7, 11) is 0. The number of benzene rings is 1. The molecule has 1 aliphatic heterocycles. The van der Waals surface area contributed by atoms with E-state index in [0.29, 0.717) is 25.3 Å². The smallest absolute Gasteiger partial charge is 0.328 e. The Bertz CT molecular complexity index is 580. The molecule has 0 aromatic heterocycles. The Morgan fingerprint density at radius 1 is 1.43 bits per heavy atom. The molecule has 1 amide bonds. The molecule has 0 aliphatic carbocycles. The number of hydrogen-bond acceptors (Lipinski definition) is 3. The monoisotopic (exact) mass is 289 g/mol. The second kappa shape index (κ2) is 6.54. The minimum atomic E-state index is -1.01. The van der Waals surface area contributed by atoms with Gasteiger partial charge < -0.3 is 14.7 Å². The summed E-state index contributed by atoms with van der Waals surface area (Å²) >= 11 is 0. The van der Waals surface area contributed by atoms with E-state index in [1.165, 1.54) is 6.08 Å². The van der Waals surface area contributed by atoms with Crippen molar-refractivity contribution >= 4 is 18.0 Å². The van der Waals surface area contributed by atoms with Crippen molar-refractivity contribution in [2.45, 2.75) is 20.0 Å². The molecule has 1 atom stereocenters. The van der Waals surface area contributed by atoms with Crippen molar-refractivity contribution in [2.24, 2.45) is 0 Å². The van der Waals surface area contributed by atoms with Crippen LogP contribution in [0.25, 0.3) is 6.08 Å². The van der Waals surface area contributed by atoms with E-state index in [1.54, 1.807) is 17.0 Å². The van der Waals surface area contributed by atoms with Crippen LogP contribution in [0.3, 0.4) is 0 Å². The van der Waals surface area contributed by atoms with Crippen molar-refractivity contribution in [3.63, 3.8) is 0 Å². The number of morpholine rings is 1. The number of nitrogens with zero attached hydrogens (tertiary/aromatic N) is 1. The van der Waals surface area contributed by atoms with Crippen LogP contribution >= 0.6 is 0 Å². The molecule has 5 nitrogen and oxygen atoms in total. The van der Waals surface area contributed by atoms with Gasteiger partial charge in [0.1, 0.15) is 0 Å². The van der Waals surface area contributed by atoms with Crippen LogP contribution in [0.1, 0.15) is 28.4 Å². The normalized spacial score (nSPS) is 19.0. The Labute approximate surface area is 123 Å². The van der Waals surface area contributed by atoms with Gasteiger partial charge in [0.15, 0.2) is 0 Å². The number of amides is 1. The summed E-state index contributed by atoms with van der Waals surface area (Å²) in [6, 6.07) is 5.34. The molecular formula is C16H19NO4. The fourth-order valence-corrected chi connectivity index (χ4v) is 2.30. The quantitative estimate of drug-likeness (QED) is 0.864.